The highest BCUT2D eigenvalue weighted by Gasteiger charge is 2.28. The van der Waals surface area contributed by atoms with Gasteiger partial charge in [0.1, 0.15) is 12.1 Å². The molecule has 0 atom stereocenters. The predicted octanol–water partition coefficient (Wildman–Crippen LogP) is 4.86. The van der Waals surface area contributed by atoms with E-state index in [0.29, 0.717) is 15.8 Å². The average molecular weight is 494 g/mol. The summed E-state index contributed by atoms with van der Waals surface area (Å²) >= 11 is 12.1. The van der Waals surface area contributed by atoms with Gasteiger partial charge in [-0.15, -0.1) is 0 Å². The van der Waals surface area contributed by atoms with Gasteiger partial charge in [0, 0.05) is 23.1 Å². The lowest BCUT2D eigenvalue weighted by Gasteiger charge is -2.22. The first-order valence-corrected chi connectivity index (χ1v) is 10.7. The summed E-state index contributed by atoms with van der Waals surface area (Å²) in [6.45, 7) is 2.43. The third-order valence-electron chi connectivity index (χ3n) is 4.49. The number of furan rings is 1. The molecule has 12 heteroatoms. The molecule has 3 aromatic rings. The Morgan fingerprint density at radius 1 is 1.27 bits per heavy atom. The van der Waals surface area contributed by atoms with E-state index in [1.54, 1.807) is 42.2 Å². The normalized spacial score (nSPS) is 10.6. The van der Waals surface area contributed by atoms with Crippen LogP contribution >= 0.6 is 23.2 Å². The Morgan fingerprint density at radius 3 is 2.67 bits per heavy atom. The monoisotopic (exact) mass is 493 g/mol. The number of aromatic nitrogens is 2. The summed E-state index contributed by atoms with van der Waals surface area (Å²) in [6.07, 6.45) is 2.73. The maximum atomic E-state index is 12.0. The minimum atomic E-state index is -0.567. The van der Waals surface area contributed by atoms with Gasteiger partial charge >= 0.3 is 11.7 Å². The molecule has 0 fully saturated rings. The molecule has 2 aromatic heterocycles. The molecule has 1 N–H and O–H groups in total. The summed E-state index contributed by atoms with van der Waals surface area (Å²) in [5, 5.41) is 15.9. The second kappa shape index (κ2) is 11.5. The molecule has 0 bridgehead atoms. The standard InChI is InChI=1S/C21H21Cl2N5O5/c1-2-32-18(29)5-6-27(12-17-4-3-7-33-17)21-19(28(30)31)20(25-13-26-21)24-11-14-8-15(22)10-16(23)9-14/h3-4,7-10,13H,2,5-6,11-12H2,1H3,(H,24,25,26). The molecular formula is C21H21Cl2N5O5. The van der Waals surface area contributed by atoms with Gasteiger partial charge in [-0.3, -0.25) is 14.9 Å². The summed E-state index contributed by atoms with van der Waals surface area (Å²) in [7, 11) is 0. The predicted molar refractivity (Wildman–Crippen MR) is 123 cm³/mol. The smallest absolute Gasteiger partial charge is 0.353 e. The van der Waals surface area contributed by atoms with E-state index < -0.39 is 10.9 Å². The summed E-state index contributed by atoms with van der Waals surface area (Å²) in [4.78, 5) is 33.1. The molecule has 2 heterocycles. The maximum Gasteiger partial charge on any atom is 0.353 e. The third kappa shape index (κ3) is 6.80. The van der Waals surface area contributed by atoms with Gasteiger partial charge in [0.2, 0.25) is 11.6 Å². The van der Waals surface area contributed by atoms with E-state index >= 15 is 0 Å². The average Bonchev–Trinajstić information content (AvgIpc) is 3.27. The second-order valence-corrected chi connectivity index (χ2v) is 7.71. The first-order chi connectivity index (χ1) is 15.9. The van der Waals surface area contributed by atoms with Crippen molar-refractivity contribution in [3.63, 3.8) is 0 Å². The van der Waals surface area contributed by atoms with E-state index in [2.05, 4.69) is 15.3 Å². The van der Waals surface area contributed by atoms with Crippen LogP contribution in [-0.2, 0) is 22.6 Å². The molecule has 0 unspecified atom stereocenters. The van der Waals surface area contributed by atoms with Gasteiger partial charge < -0.3 is 19.4 Å². The van der Waals surface area contributed by atoms with Gasteiger partial charge in [0.15, 0.2) is 0 Å². The van der Waals surface area contributed by atoms with Gasteiger partial charge in [0.25, 0.3) is 0 Å². The minimum absolute atomic E-state index is 0.0134. The number of nitrogens with zero attached hydrogens (tertiary/aromatic N) is 4. The van der Waals surface area contributed by atoms with Crippen LogP contribution in [-0.4, -0.2) is 34.0 Å². The Balaban J connectivity index is 1.90. The Hall–Kier alpha value is -3.37. The highest BCUT2D eigenvalue weighted by Crippen LogP contribution is 2.33. The lowest BCUT2D eigenvalue weighted by Crippen LogP contribution is -2.28. The van der Waals surface area contributed by atoms with Crippen molar-refractivity contribution in [2.75, 3.05) is 23.4 Å². The van der Waals surface area contributed by atoms with Crippen molar-refractivity contribution in [1.29, 1.82) is 0 Å². The zero-order valence-corrected chi connectivity index (χ0v) is 19.2. The van der Waals surface area contributed by atoms with Gasteiger partial charge in [0.05, 0.1) is 30.8 Å². The molecule has 3 rings (SSSR count). The van der Waals surface area contributed by atoms with Crippen molar-refractivity contribution in [3.8, 4) is 0 Å². The van der Waals surface area contributed by atoms with E-state index in [1.807, 2.05) is 0 Å². The number of halogens is 2. The van der Waals surface area contributed by atoms with Crippen molar-refractivity contribution < 1.29 is 18.9 Å². The van der Waals surface area contributed by atoms with Crippen LogP contribution in [0, 0.1) is 10.1 Å². The fourth-order valence-electron chi connectivity index (χ4n) is 3.11. The largest absolute Gasteiger partial charge is 0.467 e. The lowest BCUT2D eigenvalue weighted by molar-refractivity contribution is -0.383. The Morgan fingerprint density at radius 2 is 2.03 bits per heavy atom. The zero-order chi connectivity index (χ0) is 23.8. The summed E-state index contributed by atoms with van der Waals surface area (Å²) in [6, 6.07) is 8.41. The fraction of sp³-hybridized carbons (Fsp3) is 0.286. The number of hydrogen-bond acceptors (Lipinski definition) is 9. The number of benzene rings is 1. The zero-order valence-electron chi connectivity index (χ0n) is 17.7. The Bertz CT molecular complexity index is 1090. The maximum absolute atomic E-state index is 12.0. The lowest BCUT2D eigenvalue weighted by atomic mass is 10.2. The van der Waals surface area contributed by atoms with Crippen molar-refractivity contribution >= 4 is 46.5 Å². The second-order valence-electron chi connectivity index (χ2n) is 6.84. The van der Waals surface area contributed by atoms with Crippen LogP contribution in [0.1, 0.15) is 24.7 Å². The van der Waals surface area contributed by atoms with E-state index in [-0.39, 0.29) is 50.0 Å². The van der Waals surface area contributed by atoms with Gasteiger partial charge in [-0.2, -0.15) is 0 Å². The molecule has 33 heavy (non-hydrogen) atoms. The van der Waals surface area contributed by atoms with Crippen LogP contribution in [0.2, 0.25) is 10.0 Å². The number of carbonyl (C=O) groups is 1. The number of nitrogens with one attached hydrogen (secondary N) is 1. The first-order valence-electron chi connectivity index (χ1n) is 9.98. The molecule has 174 valence electrons. The molecule has 10 nitrogen and oxygen atoms in total. The quantitative estimate of drug-likeness (QED) is 0.226. The van der Waals surface area contributed by atoms with Crippen LogP contribution in [0.4, 0.5) is 17.3 Å². The summed E-state index contributed by atoms with van der Waals surface area (Å²) in [5.74, 6) is 0.189. The third-order valence-corrected chi connectivity index (χ3v) is 4.92. The number of esters is 1. The van der Waals surface area contributed by atoms with Crippen molar-refractivity contribution in [2.45, 2.75) is 26.4 Å². The van der Waals surface area contributed by atoms with Gasteiger partial charge in [-0.05, 0) is 42.8 Å². The SMILES string of the molecule is CCOC(=O)CCN(Cc1ccco1)c1ncnc(NCc2cc(Cl)cc(Cl)c2)c1[N+](=O)[O-]. The molecule has 0 amide bonds. The minimum Gasteiger partial charge on any atom is -0.467 e. The van der Waals surface area contributed by atoms with E-state index in [0.717, 1.165) is 5.56 Å². The van der Waals surface area contributed by atoms with Gasteiger partial charge in [-0.1, -0.05) is 23.2 Å². The Kier molecular flexibility index (Phi) is 8.45. The highest BCUT2D eigenvalue weighted by molar-refractivity contribution is 6.34. The number of carbonyl (C=O) groups excluding carboxylic acids is 1. The van der Waals surface area contributed by atoms with Crippen molar-refractivity contribution in [1.82, 2.24) is 9.97 Å². The number of hydrogen-bond donors (Lipinski definition) is 1. The Labute approximate surface area is 199 Å². The van der Waals surface area contributed by atoms with Gasteiger partial charge in [-0.25, -0.2) is 9.97 Å². The van der Waals surface area contributed by atoms with E-state index in [9.17, 15) is 14.9 Å². The summed E-state index contributed by atoms with van der Waals surface area (Å²) in [5.41, 5.74) is 0.387. The number of nitro groups is 1. The van der Waals surface area contributed by atoms with E-state index in [1.165, 1.54) is 12.6 Å². The van der Waals surface area contributed by atoms with Crippen LogP contribution in [0.15, 0.2) is 47.3 Å². The van der Waals surface area contributed by atoms with Crippen molar-refractivity contribution in [3.05, 3.63) is 74.4 Å². The molecule has 0 saturated heterocycles. The van der Waals surface area contributed by atoms with Crippen LogP contribution in [0.3, 0.4) is 0 Å². The molecular weight excluding hydrogens is 473 g/mol. The molecule has 0 aliphatic rings. The molecule has 1 aromatic carbocycles. The number of ether oxygens (including phenoxy) is 1. The fourth-order valence-corrected chi connectivity index (χ4v) is 3.68. The molecule has 0 radical (unpaired) electrons. The molecule has 0 spiro atoms. The van der Waals surface area contributed by atoms with Crippen LogP contribution in [0.25, 0.3) is 0 Å². The molecule has 0 aliphatic carbocycles. The highest BCUT2D eigenvalue weighted by atomic mass is 35.5. The molecule has 0 aliphatic heterocycles. The number of rotatable bonds is 11. The summed E-state index contributed by atoms with van der Waals surface area (Å²) < 4.78 is 10.4. The van der Waals surface area contributed by atoms with Crippen LogP contribution in [0.5, 0.6) is 0 Å². The first kappa shape index (κ1) is 24.3. The topological polar surface area (TPSA) is 124 Å². The van der Waals surface area contributed by atoms with Crippen LogP contribution < -0.4 is 10.2 Å². The van der Waals surface area contributed by atoms with E-state index in [4.69, 9.17) is 32.4 Å². The van der Waals surface area contributed by atoms with Crippen molar-refractivity contribution in [2.24, 2.45) is 0 Å². The number of anilines is 2. The molecule has 0 saturated carbocycles.